The third-order valence-corrected chi connectivity index (χ3v) is 112. The van der Waals surface area contributed by atoms with Gasteiger partial charge in [-0.05, 0) is 0 Å². The quantitative estimate of drug-likeness (QED) is 0.114. The van der Waals surface area contributed by atoms with Gasteiger partial charge < -0.3 is 0 Å². The van der Waals surface area contributed by atoms with Crippen LogP contribution in [0.3, 0.4) is 0 Å². The Kier molecular flexibility index (Phi) is 16.2. The van der Waals surface area contributed by atoms with E-state index in [1.54, 1.807) is 28.4 Å². The van der Waals surface area contributed by atoms with Gasteiger partial charge in [-0.1, -0.05) is 0 Å². The van der Waals surface area contributed by atoms with Gasteiger partial charge in [0.1, 0.15) is 0 Å². The van der Waals surface area contributed by atoms with E-state index >= 15 is 0 Å². The van der Waals surface area contributed by atoms with E-state index in [2.05, 4.69) is 336 Å². The Morgan fingerprint density at radius 2 is 0.505 bits per heavy atom. The topological polar surface area (TPSA) is 36.9 Å². The summed E-state index contributed by atoms with van der Waals surface area (Å²) in [4.78, 5) is 0. The molecule has 0 bridgehead atoms. The van der Waals surface area contributed by atoms with Crippen molar-refractivity contribution in [3.63, 3.8) is 0 Å². The standard InChI is InChI=1S/2C49H48O2Si.2ClH.Zr/c2*1-30(2)44-28-46-40(36-18-16-34-26-38(50-5)22-20-32(34)24-36)12-8-10-14-42(46)48(44)52(7)49-43-15-11-9-13-41(47(43)29-45(49)31(3)4)37-19-17-35-27-39(51-6)23-21-33(35)25-37;;;/h2*8-31,40-41,52H,1-7H3;2*1H;/q;;;;+2/p-2. The molecule has 107 heavy (non-hydrogen) atoms. The van der Waals surface area contributed by atoms with E-state index in [1.165, 1.54) is 111 Å². The van der Waals surface area contributed by atoms with Crippen LogP contribution in [0.5, 0.6) is 23.0 Å². The van der Waals surface area contributed by atoms with E-state index in [1.807, 2.05) is 0 Å². The molecule has 18 rings (SSSR count). The Morgan fingerprint density at radius 3 is 0.710 bits per heavy atom. The van der Waals surface area contributed by atoms with Crippen LogP contribution < -0.4 is 18.9 Å². The van der Waals surface area contributed by atoms with Crippen molar-refractivity contribution >= 4 is 77.7 Å². The van der Waals surface area contributed by atoms with Crippen LogP contribution in [0.25, 0.3) is 43.1 Å². The monoisotopic (exact) mass is 1550 g/mol. The molecular formula is C98H96Cl2O4Si2Zr. The number of hydrogen-bond acceptors (Lipinski definition) is 4. The van der Waals surface area contributed by atoms with Crippen molar-refractivity contribution in [1.82, 2.24) is 0 Å². The van der Waals surface area contributed by atoms with Crippen molar-refractivity contribution in [2.75, 3.05) is 28.4 Å². The van der Waals surface area contributed by atoms with Crippen molar-refractivity contribution in [3.8, 4) is 23.0 Å². The summed E-state index contributed by atoms with van der Waals surface area (Å²) in [6.45, 7) is 25.8. The van der Waals surface area contributed by atoms with E-state index < -0.39 is 43.5 Å². The van der Waals surface area contributed by atoms with Crippen molar-refractivity contribution in [1.29, 1.82) is 0 Å². The molecule has 10 aliphatic rings. The predicted octanol–water partition coefficient (Wildman–Crippen LogP) is 25.9. The van der Waals surface area contributed by atoms with Crippen molar-refractivity contribution in [2.45, 2.75) is 103 Å². The van der Waals surface area contributed by atoms with Gasteiger partial charge in [-0.2, -0.15) is 0 Å². The molecule has 2 fully saturated rings. The Bertz CT molecular complexity index is 5130. The Hall–Kier alpha value is -8.26. The van der Waals surface area contributed by atoms with Crippen LogP contribution in [0.15, 0.2) is 334 Å². The third-order valence-electron chi connectivity index (χ3n) is 28.4. The summed E-state index contributed by atoms with van der Waals surface area (Å²) in [5.74, 6) is 3.02. The predicted molar refractivity (Wildman–Crippen MR) is 454 cm³/mol. The SMILES string of the molecule is COc1ccc2cc(C3C=CC=CC4=C3C=C(C(C)C)[C]43[SiH](C)[C]4(C(C(C)C)=CC5=C4C=CC=CC5c4ccc5cc(OC)ccc5c4)[Zr]34([Cl])([Cl])[C]3(C(C(C)C)=CC5=C3C=CC=CC5c3ccc5cc(OC)ccc5c3)[SiH](C)[C]43C(C(C)C)=CC4=C3C=CC=CC4c3ccc4cc(OC)ccc4c3)ccc2c1. The number of hydrogen-bond donors (Lipinski definition) is 0. The van der Waals surface area contributed by atoms with Gasteiger partial charge in [0.05, 0.1) is 0 Å². The summed E-state index contributed by atoms with van der Waals surface area (Å²) >= 11 is -8.15. The second-order valence-electron chi connectivity index (χ2n) is 33.5. The molecule has 0 amide bonds. The number of ether oxygens (including phenoxy) is 4. The number of benzene rings is 8. The second kappa shape index (κ2) is 24.6. The van der Waals surface area contributed by atoms with Crippen LogP contribution in [-0.4, -0.2) is 46.0 Å². The summed E-state index contributed by atoms with van der Waals surface area (Å²) < 4.78 is 20.0. The zero-order valence-electron chi connectivity index (χ0n) is 64.1. The van der Waals surface area contributed by atoms with Gasteiger partial charge in [-0.25, -0.2) is 0 Å². The fourth-order valence-corrected chi connectivity index (χ4v) is 148. The van der Waals surface area contributed by atoms with E-state index in [4.69, 9.17) is 18.9 Å². The molecule has 2 saturated heterocycles. The minimum absolute atomic E-state index is 0.0331. The number of halogens is 2. The molecule has 2 heterocycles. The molecule has 8 aliphatic carbocycles. The number of methoxy groups -OCH3 is 4. The third kappa shape index (κ3) is 8.34. The Balaban J connectivity index is 1.05. The zero-order chi connectivity index (χ0) is 74.3. The fourth-order valence-electron chi connectivity index (χ4n) is 25.3. The molecule has 8 unspecified atom stereocenters. The molecule has 0 saturated carbocycles. The fraction of sp³-hybridized carbons (Fsp3) is 0.265. The summed E-state index contributed by atoms with van der Waals surface area (Å²) in [6, 6.07) is 54.6. The number of allylic oxidation sites excluding steroid dienone is 32. The minimum atomic E-state index is -8.15. The molecule has 8 atom stereocenters. The summed E-state index contributed by atoms with van der Waals surface area (Å²) in [6.07, 6.45) is 50.5. The number of rotatable bonds is 12. The molecule has 538 valence electrons. The maximum absolute atomic E-state index is 12.2. The van der Waals surface area contributed by atoms with E-state index in [9.17, 15) is 17.0 Å². The molecule has 0 radical (unpaired) electrons. The first-order valence-corrected chi connectivity index (χ1v) is 54.8. The molecule has 4 nitrogen and oxygen atoms in total. The van der Waals surface area contributed by atoms with Crippen LogP contribution in [-0.2, 0) is 14.9 Å². The van der Waals surface area contributed by atoms with Gasteiger partial charge in [-0.3, -0.25) is 0 Å². The maximum atomic E-state index is 12.2. The van der Waals surface area contributed by atoms with Gasteiger partial charge in [-0.15, -0.1) is 0 Å². The molecule has 9 heteroatoms. The van der Waals surface area contributed by atoms with Crippen LogP contribution in [0, 0.1) is 23.7 Å². The Labute approximate surface area is 640 Å². The van der Waals surface area contributed by atoms with Gasteiger partial charge in [0.15, 0.2) is 0 Å². The summed E-state index contributed by atoms with van der Waals surface area (Å²) in [5.41, 5.74) is 21.6. The van der Waals surface area contributed by atoms with Crippen molar-refractivity contribution in [3.05, 3.63) is 356 Å². The molecular weight excluding hydrogens is 1460 g/mol. The summed E-state index contributed by atoms with van der Waals surface area (Å²) in [5, 5.41) is 9.33. The van der Waals surface area contributed by atoms with E-state index in [-0.39, 0.29) is 47.3 Å². The number of fused-ring (bicyclic) bond motifs is 12. The first-order valence-electron chi connectivity index (χ1n) is 38.9. The van der Waals surface area contributed by atoms with Gasteiger partial charge >= 0.3 is 646 Å². The van der Waals surface area contributed by atoms with Crippen molar-refractivity contribution < 1.29 is 33.9 Å². The van der Waals surface area contributed by atoms with Crippen molar-refractivity contribution in [2.24, 2.45) is 23.7 Å². The van der Waals surface area contributed by atoms with Crippen LogP contribution in [0.4, 0.5) is 0 Å². The summed E-state index contributed by atoms with van der Waals surface area (Å²) in [7, 11) is 25.7. The molecule has 5 spiro atoms. The molecule has 0 aromatic heterocycles. The normalized spacial score (nSPS) is 29.2. The van der Waals surface area contributed by atoms with Gasteiger partial charge in [0.2, 0.25) is 0 Å². The first-order chi connectivity index (χ1) is 51.6. The molecule has 2 aliphatic heterocycles. The van der Waals surface area contributed by atoms with Gasteiger partial charge in [0, 0.05) is 0 Å². The Morgan fingerprint density at radius 1 is 0.299 bits per heavy atom. The van der Waals surface area contributed by atoms with Crippen LogP contribution in [0.2, 0.25) is 24.1 Å². The van der Waals surface area contributed by atoms with Gasteiger partial charge in [0.25, 0.3) is 0 Å². The molecule has 0 N–H and O–H groups in total. The van der Waals surface area contributed by atoms with E-state index in [0.717, 1.165) is 44.5 Å². The average Bonchev–Trinajstić information content (AvgIpc) is 1.37. The van der Waals surface area contributed by atoms with E-state index in [0.29, 0.717) is 0 Å². The molecule has 8 aromatic carbocycles. The molecule has 8 aromatic rings. The second-order valence-corrected chi connectivity index (χ2v) is 73.4. The first kappa shape index (κ1) is 70.4. The van der Waals surface area contributed by atoms with Crippen LogP contribution >= 0.6 is 17.0 Å². The van der Waals surface area contributed by atoms with Crippen LogP contribution in [0.1, 0.15) is 101 Å². The zero-order valence-corrected chi connectivity index (χ0v) is 70.3. The average molecular weight is 1560 g/mol.